The van der Waals surface area contributed by atoms with Crippen LogP contribution >= 0.6 is 0 Å². The van der Waals surface area contributed by atoms with Crippen LogP contribution in [-0.4, -0.2) is 25.3 Å². The molecular weight excluding hydrogens is 142 g/mol. The van der Waals surface area contributed by atoms with Gasteiger partial charge >= 0.3 is 0 Å². The average molecular weight is 148 g/mol. The standard InChI is InChI=1S/C2H6F2O3S/c3-1-8(5,6,7)2-4/h1-2H2,(H2,5,6,7). The Labute approximate surface area is 44.8 Å². The fourth-order valence-corrected chi connectivity index (χ4v) is 0.0875. The van der Waals surface area contributed by atoms with Crippen LogP contribution in [0.15, 0.2) is 0 Å². The van der Waals surface area contributed by atoms with Gasteiger partial charge in [-0.2, -0.15) is 0 Å². The summed E-state index contributed by atoms with van der Waals surface area (Å²) in [4.78, 5) is 0. The van der Waals surface area contributed by atoms with Gasteiger partial charge in [-0.25, -0.2) is 13.0 Å². The molecule has 6 heteroatoms. The molecule has 3 nitrogen and oxygen atoms in total. The SMILES string of the molecule is O=S(O)(O)(CF)CF. The summed E-state index contributed by atoms with van der Waals surface area (Å²) in [6.07, 6.45) is 0. The van der Waals surface area contributed by atoms with Gasteiger partial charge in [0.15, 0.2) is 12.0 Å². The van der Waals surface area contributed by atoms with E-state index in [1.54, 1.807) is 0 Å². The Balaban J connectivity index is 4.25. The number of rotatable bonds is 2. The van der Waals surface area contributed by atoms with Gasteiger partial charge in [-0.3, -0.25) is 0 Å². The van der Waals surface area contributed by atoms with E-state index < -0.39 is 21.6 Å². The summed E-state index contributed by atoms with van der Waals surface area (Å²) in [5.41, 5.74) is 0. The van der Waals surface area contributed by atoms with Crippen molar-refractivity contribution in [3.05, 3.63) is 0 Å². The van der Waals surface area contributed by atoms with Gasteiger partial charge in [-0.1, -0.05) is 0 Å². The molecule has 52 valence electrons. The highest BCUT2D eigenvalue weighted by Crippen LogP contribution is 2.15. The van der Waals surface area contributed by atoms with E-state index in [4.69, 9.17) is 9.11 Å². The van der Waals surface area contributed by atoms with Crippen molar-refractivity contribution in [1.82, 2.24) is 0 Å². The Morgan fingerprint density at radius 3 is 1.50 bits per heavy atom. The molecule has 8 heavy (non-hydrogen) atoms. The fraction of sp³-hybridized carbons (Fsp3) is 1.00. The molecule has 0 aliphatic rings. The van der Waals surface area contributed by atoms with Crippen molar-refractivity contribution >= 4 is 9.63 Å². The van der Waals surface area contributed by atoms with Crippen molar-refractivity contribution in [2.75, 3.05) is 12.0 Å². The van der Waals surface area contributed by atoms with E-state index in [0.717, 1.165) is 0 Å². The molecule has 0 saturated carbocycles. The van der Waals surface area contributed by atoms with Crippen LogP contribution in [0, 0.1) is 0 Å². The average Bonchev–Trinajstić information content (AvgIpc) is 1.68. The van der Waals surface area contributed by atoms with E-state index in [-0.39, 0.29) is 0 Å². The number of halogens is 2. The summed E-state index contributed by atoms with van der Waals surface area (Å²) in [6, 6.07) is -3.90. The first-order valence-corrected chi connectivity index (χ1v) is 3.86. The molecule has 0 bridgehead atoms. The van der Waals surface area contributed by atoms with Gasteiger partial charge in [0.1, 0.15) is 9.63 Å². The summed E-state index contributed by atoms with van der Waals surface area (Å²) in [6.45, 7) is 0. The quantitative estimate of drug-likeness (QED) is 0.603. The van der Waals surface area contributed by atoms with Crippen LogP contribution in [0.4, 0.5) is 8.78 Å². The van der Waals surface area contributed by atoms with E-state index >= 15 is 0 Å². The molecule has 0 saturated heterocycles. The minimum absolute atomic E-state index is 1.95. The summed E-state index contributed by atoms with van der Waals surface area (Å²) in [5.74, 6) is 0. The molecule has 0 atom stereocenters. The summed E-state index contributed by atoms with van der Waals surface area (Å²) < 4.78 is 48.1. The maximum Gasteiger partial charge on any atom is 0.189 e. The molecule has 0 aromatic carbocycles. The minimum atomic E-state index is -5.46. The highest BCUT2D eigenvalue weighted by molar-refractivity contribution is 8.09. The lowest BCUT2D eigenvalue weighted by molar-refractivity contribution is 0.338. The molecule has 0 aliphatic carbocycles. The van der Waals surface area contributed by atoms with Gasteiger partial charge in [0.25, 0.3) is 0 Å². The molecule has 0 heterocycles. The molecule has 0 aliphatic heterocycles. The van der Waals surface area contributed by atoms with Crippen molar-refractivity contribution in [2.24, 2.45) is 0 Å². The third-order valence-electron chi connectivity index (χ3n) is 0.439. The summed E-state index contributed by atoms with van der Waals surface area (Å²) in [5, 5.41) is 0. The zero-order valence-corrected chi connectivity index (χ0v) is 4.70. The lowest BCUT2D eigenvalue weighted by Crippen LogP contribution is -2.34. The van der Waals surface area contributed by atoms with E-state index in [9.17, 15) is 13.0 Å². The Bertz CT molecular complexity index is 128. The van der Waals surface area contributed by atoms with Crippen LogP contribution in [-0.2, 0) is 9.63 Å². The number of alkyl halides is 2. The van der Waals surface area contributed by atoms with Crippen LogP contribution in [0.2, 0.25) is 0 Å². The fourth-order valence-electron chi connectivity index (χ4n) is 0.0292. The minimum Gasteiger partial charge on any atom is -0.304 e. The van der Waals surface area contributed by atoms with Crippen LogP contribution < -0.4 is 0 Å². The van der Waals surface area contributed by atoms with Crippen LogP contribution in [0.25, 0.3) is 0 Å². The van der Waals surface area contributed by atoms with Crippen molar-refractivity contribution in [2.45, 2.75) is 0 Å². The maximum atomic E-state index is 11.2. The van der Waals surface area contributed by atoms with E-state index in [2.05, 4.69) is 0 Å². The second-order valence-corrected chi connectivity index (χ2v) is 4.22. The summed E-state index contributed by atoms with van der Waals surface area (Å²) >= 11 is 0. The third kappa shape index (κ3) is 2.29. The topological polar surface area (TPSA) is 57.5 Å². The van der Waals surface area contributed by atoms with E-state index in [1.807, 2.05) is 0 Å². The smallest absolute Gasteiger partial charge is 0.189 e. The highest BCUT2D eigenvalue weighted by Gasteiger charge is 2.29. The molecule has 0 unspecified atom stereocenters. The first-order chi connectivity index (χ1) is 3.39. The van der Waals surface area contributed by atoms with Crippen LogP contribution in [0.5, 0.6) is 0 Å². The Morgan fingerprint density at radius 2 is 1.50 bits per heavy atom. The summed E-state index contributed by atoms with van der Waals surface area (Å²) in [7, 11) is -5.46. The van der Waals surface area contributed by atoms with Gasteiger partial charge in [0.05, 0.1) is 0 Å². The Kier molecular flexibility index (Phi) is 1.70. The monoisotopic (exact) mass is 148 g/mol. The largest absolute Gasteiger partial charge is 0.304 e. The van der Waals surface area contributed by atoms with Crippen molar-refractivity contribution in [3.63, 3.8) is 0 Å². The number of hydrogen-bond acceptors (Lipinski definition) is 1. The van der Waals surface area contributed by atoms with E-state index in [0.29, 0.717) is 0 Å². The van der Waals surface area contributed by atoms with Crippen molar-refractivity contribution in [3.8, 4) is 0 Å². The zero-order valence-electron chi connectivity index (χ0n) is 3.88. The van der Waals surface area contributed by atoms with Crippen LogP contribution in [0.3, 0.4) is 0 Å². The third-order valence-corrected chi connectivity index (χ3v) is 1.32. The van der Waals surface area contributed by atoms with Gasteiger partial charge in [0, 0.05) is 0 Å². The lowest BCUT2D eigenvalue weighted by atomic mass is 11.8. The molecule has 0 rings (SSSR count). The van der Waals surface area contributed by atoms with Gasteiger partial charge < -0.3 is 9.11 Å². The zero-order chi connectivity index (χ0) is 6.86. The maximum absolute atomic E-state index is 11.2. The highest BCUT2D eigenvalue weighted by atomic mass is 32.3. The van der Waals surface area contributed by atoms with Gasteiger partial charge in [0.2, 0.25) is 0 Å². The van der Waals surface area contributed by atoms with E-state index in [1.165, 1.54) is 0 Å². The number of hydrogen-bond donors (Lipinski definition) is 2. The molecule has 0 radical (unpaired) electrons. The predicted octanol–water partition coefficient (Wildman–Crippen LogP) is 0.607. The van der Waals surface area contributed by atoms with Gasteiger partial charge in [-0.15, -0.1) is 0 Å². The van der Waals surface area contributed by atoms with Crippen molar-refractivity contribution < 1.29 is 22.1 Å². The molecule has 0 spiro atoms. The second-order valence-electron chi connectivity index (χ2n) is 1.41. The molecule has 0 aromatic rings. The molecular formula is C2H6F2O3S. The molecule has 0 amide bonds. The van der Waals surface area contributed by atoms with Crippen LogP contribution in [0.1, 0.15) is 0 Å². The van der Waals surface area contributed by atoms with Crippen molar-refractivity contribution in [1.29, 1.82) is 0 Å². The normalized spacial score (nSPS) is 17.2. The Hall–Kier alpha value is -0.0700. The molecule has 2 N–H and O–H groups in total. The predicted molar refractivity (Wildman–Crippen MR) is 25.3 cm³/mol. The Morgan fingerprint density at radius 1 is 1.25 bits per heavy atom. The van der Waals surface area contributed by atoms with Gasteiger partial charge in [-0.05, 0) is 0 Å². The lowest BCUT2D eigenvalue weighted by Gasteiger charge is -2.21. The molecule has 0 aromatic heterocycles. The second kappa shape index (κ2) is 1.71. The first kappa shape index (κ1) is 7.93. The molecule has 0 fully saturated rings. The first-order valence-electron chi connectivity index (χ1n) is 1.64.